The number of ether oxygens (including phenoxy) is 6. The van der Waals surface area contributed by atoms with E-state index in [1.807, 2.05) is 6.92 Å². The van der Waals surface area contributed by atoms with Gasteiger partial charge in [-0.3, -0.25) is 4.79 Å². The third kappa shape index (κ3) is 7.49. The summed E-state index contributed by atoms with van der Waals surface area (Å²) in [6, 6.07) is 0. The van der Waals surface area contributed by atoms with Crippen LogP contribution in [0.2, 0.25) is 0 Å². The number of aliphatic hydroxyl groups is 9. The predicted octanol–water partition coefficient (Wildman–Crippen LogP) is 1.35. The Morgan fingerprint density at radius 3 is 2.03 bits per heavy atom. The zero-order valence-electron chi connectivity index (χ0n) is 38.5. The molecule has 3 aliphatic heterocycles. The van der Waals surface area contributed by atoms with Crippen molar-refractivity contribution in [1.29, 1.82) is 0 Å². The molecule has 0 aromatic rings. The summed E-state index contributed by atoms with van der Waals surface area (Å²) in [4.78, 5) is 13.1. The molecule has 6 unspecified atom stereocenters. The molecule has 0 bridgehead atoms. The van der Waals surface area contributed by atoms with Gasteiger partial charge in [0.1, 0.15) is 61.0 Å². The Labute approximate surface area is 376 Å². The number of fused-ring (bicyclic) bond motifs is 7. The molecule has 0 radical (unpaired) electrons. The minimum atomic E-state index is -1.77. The van der Waals surface area contributed by atoms with E-state index in [4.69, 9.17) is 28.4 Å². The fourth-order valence-corrected chi connectivity index (χ4v) is 14.8. The monoisotopic (exact) mass is 913 g/mol. The summed E-state index contributed by atoms with van der Waals surface area (Å²) in [6.45, 7) is 14.0. The number of carbonyl (C=O) groups is 1. The van der Waals surface area contributed by atoms with Crippen molar-refractivity contribution >= 4 is 5.97 Å². The third-order valence-corrected chi connectivity index (χ3v) is 19.1. The van der Waals surface area contributed by atoms with Crippen LogP contribution in [0.25, 0.3) is 0 Å². The highest BCUT2D eigenvalue weighted by Crippen LogP contribution is 2.76. The molecule has 0 aromatic heterocycles. The van der Waals surface area contributed by atoms with Crippen molar-refractivity contribution < 1.29 is 84.3 Å². The van der Waals surface area contributed by atoms with Crippen LogP contribution in [0, 0.1) is 50.2 Å². The lowest BCUT2D eigenvalue weighted by atomic mass is 9.33. The number of carboxylic acids is 1. The lowest BCUT2D eigenvalue weighted by Crippen LogP contribution is -2.67. The van der Waals surface area contributed by atoms with Gasteiger partial charge >= 0.3 is 5.97 Å². The minimum absolute atomic E-state index is 0.00757. The van der Waals surface area contributed by atoms with Gasteiger partial charge in [0, 0.05) is 5.41 Å². The van der Waals surface area contributed by atoms with E-state index in [1.54, 1.807) is 0 Å². The van der Waals surface area contributed by atoms with Gasteiger partial charge in [0.05, 0.1) is 37.4 Å². The van der Waals surface area contributed by atoms with E-state index >= 15 is 0 Å². The lowest BCUT2D eigenvalue weighted by molar-refractivity contribution is -0.381. The smallest absolute Gasteiger partial charge is 0.310 e. The van der Waals surface area contributed by atoms with Crippen LogP contribution >= 0.6 is 0 Å². The molecule has 3 saturated heterocycles. The first-order valence-corrected chi connectivity index (χ1v) is 23.7. The van der Waals surface area contributed by atoms with Crippen molar-refractivity contribution in [3.8, 4) is 0 Å². The first kappa shape index (κ1) is 49.0. The second kappa shape index (κ2) is 17.2. The molecule has 64 heavy (non-hydrogen) atoms. The van der Waals surface area contributed by atoms with Crippen molar-refractivity contribution in [2.24, 2.45) is 50.2 Å². The number of hydrogen-bond donors (Lipinski definition) is 10. The summed E-state index contributed by atoms with van der Waals surface area (Å²) in [5, 5.41) is 108. The maximum Gasteiger partial charge on any atom is 0.310 e. The molecule has 23 atom stereocenters. The topological polar surface area (TPSA) is 275 Å². The lowest BCUT2D eigenvalue weighted by Gasteiger charge is -2.71. The second-order valence-electron chi connectivity index (χ2n) is 22.9. The minimum Gasteiger partial charge on any atom is -0.481 e. The number of aliphatic hydroxyl groups excluding tert-OH is 9. The Morgan fingerprint density at radius 2 is 1.38 bits per heavy atom. The number of allylic oxidation sites excluding steroid dienone is 2. The highest BCUT2D eigenvalue weighted by atomic mass is 16.8. The van der Waals surface area contributed by atoms with Crippen LogP contribution in [-0.2, 0) is 33.2 Å². The summed E-state index contributed by atoms with van der Waals surface area (Å²) in [7, 11) is 0. The summed E-state index contributed by atoms with van der Waals surface area (Å²) in [5.41, 5.74) is -0.704. The molecule has 4 saturated carbocycles. The van der Waals surface area contributed by atoms with Crippen LogP contribution in [0.5, 0.6) is 0 Å². The normalized spacial score (nSPS) is 55.0. The molecule has 0 spiro atoms. The van der Waals surface area contributed by atoms with Gasteiger partial charge in [-0.1, -0.05) is 53.2 Å². The van der Waals surface area contributed by atoms with Gasteiger partial charge in [0.15, 0.2) is 18.9 Å². The number of aliphatic carboxylic acids is 1. The molecular formula is C47H76O17. The third-order valence-electron chi connectivity index (χ3n) is 19.1. The van der Waals surface area contributed by atoms with E-state index in [2.05, 4.69) is 40.7 Å². The van der Waals surface area contributed by atoms with Gasteiger partial charge in [-0.05, 0) is 111 Å². The molecular weight excluding hydrogens is 837 g/mol. The molecule has 8 aliphatic rings. The van der Waals surface area contributed by atoms with Gasteiger partial charge < -0.3 is 79.5 Å². The Morgan fingerprint density at radius 1 is 0.719 bits per heavy atom. The van der Waals surface area contributed by atoms with E-state index in [9.17, 15) is 55.9 Å². The van der Waals surface area contributed by atoms with Crippen molar-refractivity contribution in [1.82, 2.24) is 0 Å². The molecule has 0 amide bonds. The van der Waals surface area contributed by atoms with Crippen molar-refractivity contribution in [3.05, 3.63) is 11.6 Å². The highest BCUT2D eigenvalue weighted by molar-refractivity contribution is 5.76. The van der Waals surface area contributed by atoms with E-state index in [-0.39, 0.29) is 52.6 Å². The summed E-state index contributed by atoms with van der Waals surface area (Å²) in [5.74, 6) is -0.441. The van der Waals surface area contributed by atoms with E-state index in [1.165, 1.54) is 12.5 Å². The van der Waals surface area contributed by atoms with Crippen LogP contribution in [0.4, 0.5) is 0 Å². The molecule has 17 nitrogen and oxygen atoms in total. The number of hydrogen-bond acceptors (Lipinski definition) is 16. The molecule has 8 rings (SSSR count). The fraction of sp³-hybridized carbons (Fsp3) is 0.936. The largest absolute Gasteiger partial charge is 0.481 e. The van der Waals surface area contributed by atoms with Crippen LogP contribution in [0.15, 0.2) is 11.6 Å². The summed E-state index contributed by atoms with van der Waals surface area (Å²) < 4.78 is 36.5. The molecule has 3 heterocycles. The Bertz CT molecular complexity index is 1750. The van der Waals surface area contributed by atoms with Gasteiger partial charge in [-0.15, -0.1) is 0 Å². The number of carboxylic acid groups (broad SMARTS) is 1. The van der Waals surface area contributed by atoms with Crippen LogP contribution in [-0.4, -0.2) is 169 Å². The molecule has 366 valence electrons. The Balaban J connectivity index is 1.05. The first-order valence-electron chi connectivity index (χ1n) is 23.7. The van der Waals surface area contributed by atoms with E-state index in [0.717, 1.165) is 44.9 Å². The van der Waals surface area contributed by atoms with E-state index in [0.29, 0.717) is 19.3 Å². The van der Waals surface area contributed by atoms with Crippen LogP contribution in [0.1, 0.15) is 113 Å². The summed E-state index contributed by atoms with van der Waals surface area (Å²) in [6.07, 6.45) is -11.7. The summed E-state index contributed by atoms with van der Waals surface area (Å²) >= 11 is 0. The fourth-order valence-electron chi connectivity index (χ4n) is 14.8. The molecule has 10 N–H and O–H groups in total. The average molecular weight is 913 g/mol. The quantitative estimate of drug-likeness (QED) is 0.116. The van der Waals surface area contributed by atoms with Gasteiger partial charge in [-0.2, -0.15) is 0 Å². The van der Waals surface area contributed by atoms with Gasteiger partial charge in [0.25, 0.3) is 0 Å². The second-order valence-corrected chi connectivity index (χ2v) is 22.9. The number of rotatable bonds is 9. The van der Waals surface area contributed by atoms with E-state index < -0.39 is 116 Å². The van der Waals surface area contributed by atoms with Crippen LogP contribution < -0.4 is 0 Å². The van der Waals surface area contributed by atoms with Crippen molar-refractivity contribution in [3.63, 3.8) is 0 Å². The Hall–Kier alpha value is -1.39. The molecule has 0 aromatic carbocycles. The standard InChI is InChI=1S/C47H76O17/c1-22-30(50)33(53)35(55)38(60-22)64-37-32(52)26(62-39-36(56)34(54)31(51)25(19-48)61-39)20-59-40(37)63-29-11-12-43(4)27(44(29,5)21-49)10-13-46(7)28(43)9-8-23-24-18-42(2,3)14-16-47(24,41(57)58)17-15-45(23,46)6/h8,22,24-40,48-56H,9-21H2,1-7H3,(H,57,58)/t22-,24?,25+,26-,27?,28?,29-,30-,31+,32-,33+,34-,35+,36+,37+,38?,39?,40?,43-,44-,45+,46+,47-/m0/s1. The van der Waals surface area contributed by atoms with Gasteiger partial charge in [-0.25, -0.2) is 0 Å². The maximum absolute atomic E-state index is 13.1. The van der Waals surface area contributed by atoms with Crippen molar-refractivity contribution in [2.75, 3.05) is 19.8 Å². The zero-order valence-corrected chi connectivity index (χ0v) is 38.5. The molecule has 17 heteroatoms. The average Bonchev–Trinajstić information content (AvgIpc) is 3.24. The maximum atomic E-state index is 13.1. The first-order chi connectivity index (χ1) is 29.9. The van der Waals surface area contributed by atoms with Crippen molar-refractivity contribution in [2.45, 2.75) is 205 Å². The van der Waals surface area contributed by atoms with Gasteiger partial charge in [0.2, 0.25) is 0 Å². The molecule has 7 fully saturated rings. The Kier molecular flexibility index (Phi) is 13.2. The van der Waals surface area contributed by atoms with Crippen LogP contribution in [0.3, 0.4) is 0 Å². The SMILES string of the molecule is C[C@@H]1OC(O[C@H]2C(O[C@H]3CC[C@@]4(C)C(CC[C@]5(C)C4CC=C4C6CC(C)(C)CC[C@]6(C(=O)O)CC[C@]45C)[C@]3(C)CO)OC[C@H](OC3O[C@H](CO)[C@@H](O)[C@H](O)[C@H]3O)[C@@H]2O)[C@H](O)[C@H](O)[C@H]1O. The highest BCUT2D eigenvalue weighted by Gasteiger charge is 2.70. The molecule has 5 aliphatic carbocycles. The zero-order chi connectivity index (χ0) is 46.7. The predicted molar refractivity (Wildman–Crippen MR) is 225 cm³/mol.